The highest BCUT2D eigenvalue weighted by molar-refractivity contribution is 7.79. The lowest BCUT2D eigenvalue weighted by atomic mass is 10.9. The summed E-state index contributed by atoms with van der Waals surface area (Å²) >= 11 is 3.40. The molecule has 7 heteroatoms. The van der Waals surface area contributed by atoms with Gasteiger partial charge in [-0.2, -0.15) is 3.97 Å². The monoisotopic (exact) mass is 197 g/mol. The molecule has 1 aromatic heterocycles. The van der Waals surface area contributed by atoms with Crippen molar-refractivity contribution in [3.63, 3.8) is 0 Å². The summed E-state index contributed by atoms with van der Waals surface area (Å²) in [6, 6.07) is 0. The van der Waals surface area contributed by atoms with Crippen molar-refractivity contribution in [3.8, 4) is 5.88 Å². The van der Waals surface area contributed by atoms with Crippen molar-refractivity contribution in [2.24, 2.45) is 0 Å². The standard InChI is InChI=1S/C3H3NO3S3/c5-2-1-9-3(8)4(2)10(6)7/h1,5H,(H,6,7). The van der Waals surface area contributed by atoms with Crippen LogP contribution in [-0.2, 0) is 11.3 Å². The van der Waals surface area contributed by atoms with Crippen LogP contribution in [0, 0.1) is 3.95 Å². The van der Waals surface area contributed by atoms with Gasteiger partial charge in [0.15, 0.2) is 3.95 Å². The number of hydrogen-bond donors (Lipinski definition) is 2. The highest BCUT2D eigenvalue weighted by atomic mass is 32.2. The number of hydrogen-bond acceptors (Lipinski definition) is 4. The molecule has 0 aliphatic heterocycles. The maximum atomic E-state index is 10.4. The molecule has 0 saturated carbocycles. The van der Waals surface area contributed by atoms with Crippen LogP contribution in [0.25, 0.3) is 0 Å². The van der Waals surface area contributed by atoms with Gasteiger partial charge in [0, 0.05) is 0 Å². The SMILES string of the molecule is O=S(O)n1c(O)csc1=S. The predicted octanol–water partition coefficient (Wildman–Crippen LogP) is 0.969. The molecule has 10 heavy (non-hydrogen) atoms. The fraction of sp³-hybridized carbons (Fsp3) is 0. The number of aromatic nitrogens is 1. The molecule has 0 radical (unpaired) electrons. The summed E-state index contributed by atoms with van der Waals surface area (Å²) in [5.74, 6) is -0.282. The predicted molar refractivity (Wildman–Crippen MR) is 41.0 cm³/mol. The molecule has 0 aromatic carbocycles. The quantitative estimate of drug-likeness (QED) is 0.520. The lowest BCUT2D eigenvalue weighted by Crippen LogP contribution is -2.00. The Hall–Kier alpha value is -0.240. The molecule has 0 aliphatic rings. The summed E-state index contributed by atoms with van der Waals surface area (Å²) in [6.45, 7) is 0. The van der Waals surface area contributed by atoms with Crippen LogP contribution in [0.2, 0.25) is 0 Å². The van der Waals surface area contributed by atoms with E-state index >= 15 is 0 Å². The van der Waals surface area contributed by atoms with Crippen molar-refractivity contribution >= 4 is 34.8 Å². The third-order valence-electron chi connectivity index (χ3n) is 0.795. The zero-order valence-corrected chi connectivity index (χ0v) is 7.00. The summed E-state index contributed by atoms with van der Waals surface area (Å²) in [5, 5.41) is 10.2. The maximum absolute atomic E-state index is 10.4. The molecule has 4 nitrogen and oxygen atoms in total. The molecule has 1 heterocycles. The van der Waals surface area contributed by atoms with E-state index in [-0.39, 0.29) is 9.83 Å². The molecule has 0 saturated heterocycles. The highest BCUT2D eigenvalue weighted by Gasteiger charge is 2.05. The molecule has 2 N–H and O–H groups in total. The molecule has 1 rings (SSSR count). The van der Waals surface area contributed by atoms with Gasteiger partial charge in [0.1, 0.15) is 0 Å². The van der Waals surface area contributed by atoms with Crippen LogP contribution in [0.4, 0.5) is 0 Å². The molecule has 0 aliphatic carbocycles. The zero-order chi connectivity index (χ0) is 7.72. The largest absolute Gasteiger partial charge is 0.493 e. The van der Waals surface area contributed by atoms with E-state index in [0.717, 1.165) is 15.3 Å². The van der Waals surface area contributed by atoms with Crippen molar-refractivity contribution < 1.29 is 13.9 Å². The molecule has 1 aromatic rings. The molecular formula is C3H3NO3S3. The van der Waals surface area contributed by atoms with E-state index in [4.69, 9.17) is 9.66 Å². The Bertz CT molecular complexity index is 313. The Morgan fingerprint density at radius 1 is 1.80 bits per heavy atom. The summed E-state index contributed by atoms with van der Waals surface area (Å²) in [4.78, 5) is 0. The van der Waals surface area contributed by atoms with E-state index in [1.54, 1.807) is 0 Å². The van der Waals surface area contributed by atoms with Crippen LogP contribution < -0.4 is 0 Å². The van der Waals surface area contributed by atoms with Gasteiger partial charge in [-0.1, -0.05) is 0 Å². The van der Waals surface area contributed by atoms with Crippen molar-refractivity contribution in [2.75, 3.05) is 0 Å². The molecule has 1 unspecified atom stereocenters. The summed E-state index contributed by atoms with van der Waals surface area (Å²) in [5.41, 5.74) is 0. The fourth-order valence-corrected chi connectivity index (χ4v) is 2.09. The normalized spacial score (nSPS) is 13.3. The lowest BCUT2D eigenvalue weighted by molar-refractivity contribution is 0.442. The topological polar surface area (TPSA) is 62.5 Å². The van der Waals surface area contributed by atoms with E-state index in [0.29, 0.717) is 0 Å². The van der Waals surface area contributed by atoms with Crippen molar-refractivity contribution in [3.05, 3.63) is 9.33 Å². The van der Waals surface area contributed by atoms with Crippen LogP contribution >= 0.6 is 23.6 Å². The lowest BCUT2D eigenvalue weighted by Gasteiger charge is -1.93. The van der Waals surface area contributed by atoms with E-state index < -0.39 is 11.3 Å². The van der Waals surface area contributed by atoms with Crippen LogP contribution in [-0.4, -0.2) is 17.8 Å². The molecule has 0 amide bonds. The number of thiazole rings is 1. The number of aromatic hydroxyl groups is 1. The summed E-state index contributed by atoms with van der Waals surface area (Å²) in [6.07, 6.45) is 0. The van der Waals surface area contributed by atoms with Crippen molar-refractivity contribution in [1.29, 1.82) is 0 Å². The van der Waals surface area contributed by atoms with Crippen LogP contribution in [0.1, 0.15) is 0 Å². The highest BCUT2D eigenvalue weighted by Crippen LogP contribution is 2.16. The van der Waals surface area contributed by atoms with Crippen LogP contribution in [0.5, 0.6) is 5.88 Å². The summed E-state index contributed by atoms with van der Waals surface area (Å²) in [7, 11) is 0. The van der Waals surface area contributed by atoms with Crippen molar-refractivity contribution in [1.82, 2.24) is 3.97 Å². The van der Waals surface area contributed by atoms with E-state index in [1.807, 2.05) is 0 Å². The number of nitrogens with zero attached hydrogens (tertiary/aromatic N) is 1. The van der Waals surface area contributed by atoms with Gasteiger partial charge < -0.3 is 5.11 Å². The number of rotatable bonds is 1. The van der Waals surface area contributed by atoms with Gasteiger partial charge in [-0.3, -0.25) is 4.55 Å². The van der Waals surface area contributed by atoms with Crippen molar-refractivity contribution in [2.45, 2.75) is 0 Å². The second-order valence-electron chi connectivity index (χ2n) is 1.38. The first-order valence-corrected chi connectivity index (χ1v) is 4.49. The minimum atomic E-state index is -2.25. The molecule has 1 atom stereocenters. The average Bonchev–Trinajstić information content (AvgIpc) is 2.11. The first kappa shape index (κ1) is 7.86. The van der Waals surface area contributed by atoms with Crippen LogP contribution in [0.3, 0.4) is 0 Å². The average molecular weight is 197 g/mol. The van der Waals surface area contributed by atoms with Gasteiger partial charge in [-0.15, -0.1) is 11.3 Å². The third-order valence-corrected chi connectivity index (χ3v) is 2.89. The van der Waals surface area contributed by atoms with Gasteiger partial charge in [-0.05, 0) is 12.2 Å². The zero-order valence-electron chi connectivity index (χ0n) is 4.55. The molecule has 0 spiro atoms. The fourth-order valence-electron chi connectivity index (χ4n) is 0.436. The van der Waals surface area contributed by atoms with Gasteiger partial charge in [-0.25, -0.2) is 4.21 Å². The first-order valence-electron chi connectivity index (χ1n) is 2.14. The summed E-state index contributed by atoms with van der Waals surface area (Å²) < 4.78 is 19.8. The molecule has 56 valence electrons. The Kier molecular flexibility index (Phi) is 2.19. The Labute approximate surface area is 68.2 Å². The second kappa shape index (κ2) is 2.79. The van der Waals surface area contributed by atoms with Gasteiger partial charge in [0.05, 0.1) is 5.38 Å². The third kappa shape index (κ3) is 1.26. The smallest absolute Gasteiger partial charge is 0.270 e. The molecule has 0 fully saturated rings. The molecule has 0 bridgehead atoms. The minimum absolute atomic E-state index is 0.179. The van der Waals surface area contributed by atoms with Gasteiger partial charge >= 0.3 is 0 Å². The Balaban J connectivity index is 3.37. The van der Waals surface area contributed by atoms with Gasteiger partial charge in [0.2, 0.25) is 5.88 Å². The van der Waals surface area contributed by atoms with E-state index in [9.17, 15) is 4.21 Å². The Morgan fingerprint density at radius 2 is 2.40 bits per heavy atom. The Morgan fingerprint density at radius 3 is 2.60 bits per heavy atom. The van der Waals surface area contributed by atoms with Crippen LogP contribution in [0.15, 0.2) is 5.38 Å². The maximum Gasteiger partial charge on any atom is 0.270 e. The second-order valence-corrected chi connectivity index (χ2v) is 3.71. The van der Waals surface area contributed by atoms with E-state index in [1.165, 1.54) is 5.38 Å². The molecular weight excluding hydrogens is 194 g/mol. The van der Waals surface area contributed by atoms with Gasteiger partial charge in [0.25, 0.3) is 11.3 Å². The van der Waals surface area contributed by atoms with E-state index in [2.05, 4.69) is 12.2 Å². The first-order chi connectivity index (χ1) is 4.63. The minimum Gasteiger partial charge on any atom is -0.493 e.